The number of halogens is 2. The number of rotatable bonds is 4. The maximum absolute atomic E-state index is 13.8. The van der Waals surface area contributed by atoms with E-state index in [1.165, 1.54) is 6.07 Å². The third-order valence-electron chi connectivity index (χ3n) is 3.41. The Morgan fingerprint density at radius 2 is 1.84 bits per heavy atom. The first kappa shape index (κ1) is 13.7. The summed E-state index contributed by atoms with van der Waals surface area (Å²) >= 11 is 0. The highest BCUT2D eigenvalue weighted by Gasteiger charge is 2.16. The van der Waals surface area contributed by atoms with Crippen molar-refractivity contribution in [3.8, 4) is 0 Å². The molecule has 0 aliphatic rings. The van der Waals surface area contributed by atoms with Gasteiger partial charge in [-0.2, -0.15) is 0 Å². The number of hydrogen-bond donors (Lipinski definition) is 1. The van der Waals surface area contributed by atoms with E-state index < -0.39 is 11.6 Å². The third kappa shape index (κ3) is 3.18. The van der Waals surface area contributed by atoms with Crippen molar-refractivity contribution in [2.24, 2.45) is 5.73 Å². The maximum atomic E-state index is 13.8. The van der Waals surface area contributed by atoms with E-state index in [1.807, 2.05) is 31.2 Å². The largest absolute Gasteiger partial charge is 0.330 e. The van der Waals surface area contributed by atoms with Gasteiger partial charge >= 0.3 is 0 Å². The zero-order chi connectivity index (χ0) is 13.8. The number of aryl methyl sites for hydroxylation is 1. The van der Waals surface area contributed by atoms with Crippen LogP contribution in [-0.2, 0) is 6.42 Å². The molecule has 2 aromatic carbocycles. The van der Waals surface area contributed by atoms with Crippen LogP contribution in [0.25, 0.3) is 0 Å². The van der Waals surface area contributed by atoms with Crippen molar-refractivity contribution in [3.63, 3.8) is 0 Å². The fraction of sp³-hybridized carbons (Fsp3) is 0.250. The standard InChI is InChI=1S/C16H17F2N/c1-11-4-2-3-5-12(11)8-13(10-19)15-9-14(17)6-7-16(15)18/h2-7,9,13H,8,10,19H2,1H3. The number of nitrogens with two attached hydrogens (primary N) is 1. The predicted octanol–water partition coefficient (Wildman–Crippen LogP) is 3.56. The van der Waals surface area contributed by atoms with E-state index in [-0.39, 0.29) is 12.5 Å². The van der Waals surface area contributed by atoms with Crippen LogP contribution < -0.4 is 5.73 Å². The van der Waals surface area contributed by atoms with Gasteiger partial charge in [0.05, 0.1) is 0 Å². The normalized spacial score (nSPS) is 12.4. The van der Waals surface area contributed by atoms with Gasteiger partial charge in [-0.1, -0.05) is 24.3 Å². The molecule has 0 aliphatic heterocycles. The summed E-state index contributed by atoms with van der Waals surface area (Å²) in [6.45, 7) is 2.29. The Morgan fingerprint density at radius 1 is 1.11 bits per heavy atom. The SMILES string of the molecule is Cc1ccccc1CC(CN)c1cc(F)ccc1F. The molecule has 0 amide bonds. The third-order valence-corrected chi connectivity index (χ3v) is 3.41. The van der Waals surface area contributed by atoms with Crippen LogP contribution in [0.3, 0.4) is 0 Å². The van der Waals surface area contributed by atoms with E-state index >= 15 is 0 Å². The zero-order valence-corrected chi connectivity index (χ0v) is 10.9. The highest BCUT2D eigenvalue weighted by atomic mass is 19.1. The highest BCUT2D eigenvalue weighted by molar-refractivity contribution is 5.30. The van der Waals surface area contributed by atoms with Gasteiger partial charge in [0.25, 0.3) is 0 Å². The topological polar surface area (TPSA) is 26.0 Å². The molecule has 2 rings (SSSR count). The molecule has 100 valence electrons. The maximum Gasteiger partial charge on any atom is 0.126 e. The minimum atomic E-state index is -0.431. The molecule has 0 aliphatic carbocycles. The highest BCUT2D eigenvalue weighted by Crippen LogP contribution is 2.24. The average Bonchev–Trinajstić information content (AvgIpc) is 2.41. The molecule has 1 unspecified atom stereocenters. The van der Waals surface area contributed by atoms with E-state index in [2.05, 4.69) is 0 Å². The lowest BCUT2D eigenvalue weighted by molar-refractivity contribution is 0.557. The second-order valence-corrected chi connectivity index (χ2v) is 4.73. The Labute approximate surface area is 112 Å². The van der Waals surface area contributed by atoms with Crippen molar-refractivity contribution in [1.29, 1.82) is 0 Å². The molecule has 2 aromatic rings. The molecule has 0 saturated heterocycles. The van der Waals surface area contributed by atoms with E-state index in [0.29, 0.717) is 12.0 Å². The molecular formula is C16H17F2N. The fourth-order valence-corrected chi connectivity index (χ4v) is 2.25. The molecule has 0 radical (unpaired) electrons. The molecule has 1 atom stereocenters. The Kier molecular flexibility index (Phi) is 4.27. The molecular weight excluding hydrogens is 244 g/mol. The van der Waals surface area contributed by atoms with Crippen molar-refractivity contribution in [2.45, 2.75) is 19.3 Å². The molecule has 0 saturated carbocycles. The van der Waals surface area contributed by atoms with Gasteiger partial charge in [0.1, 0.15) is 11.6 Å². The van der Waals surface area contributed by atoms with E-state index in [0.717, 1.165) is 23.3 Å². The summed E-state index contributed by atoms with van der Waals surface area (Å²) in [7, 11) is 0. The van der Waals surface area contributed by atoms with Crippen LogP contribution in [0.1, 0.15) is 22.6 Å². The molecule has 0 aromatic heterocycles. The van der Waals surface area contributed by atoms with Gasteiger partial charge in [-0.05, 0) is 54.8 Å². The molecule has 3 heteroatoms. The van der Waals surface area contributed by atoms with Gasteiger partial charge in [-0.3, -0.25) is 0 Å². The second kappa shape index (κ2) is 5.93. The minimum absolute atomic E-state index is 0.211. The van der Waals surface area contributed by atoms with Crippen LogP contribution in [-0.4, -0.2) is 6.54 Å². The van der Waals surface area contributed by atoms with Gasteiger partial charge in [-0.15, -0.1) is 0 Å². The van der Waals surface area contributed by atoms with Gasteiger partial charge in [-0.25, -0.2) is 8.78 Å². The van der Waals surface area contributed by atoms with Crippen molar-refractivity contribution >= 4 is 0 Å². The van der Waals surface area contributed by atoms with Gasteiger partial charge < -0.3 is 5.73 Å². The average molecular weight is 261 g/mol. The summed E-state index contributed by atoms with van der Waals surface area (Å²) < 4.78 is 27.0. The number of benzene rings is 2. The lowest BCUT2D eigenvalue weighted by Crippen LogP contribution is -2.17. The first-order valence-electron chi connectivity index (χ1n) is 6.31. The van der Waals surface area contributed by atoms with Gasteiger partial charge in [0, 0.05) is 5.92 Å². The molecule has 19 heavy (non-hydrogen) atoms. The van der Waals surface area contributed by atoms with Crippen molar-refractivity contribution < 1.29 is 8.78 Å². The summed E-state index contributed by atoms with van der Waals surface area (Å²) in [6.07, 6.45) is 0.615. The Balaban J connectivity index is 2.30. The molecule has 0 spiro atoms. The predicted molar refractivity (Wildman–Crippen MR) is 73.0 cm³/mol. The van der Waals surface area contributed by atoms with Crippen LogP contribution in [0.4, 0.5) is 8.78 Å². The molecule has 2 N–H and O–H groups in total. The Bertz CT molecular complexity index is 566. The van der Waals surface area contributed by atoms with Gasteiger partial charge in [0.15, 0.2) is 0 Å². The first-order chi connectivity index (χ1) is 9.11. The summed E-state index contributed by atoms with van der Waals surface area (Å²) in [5.74, 6) is -1.04. The van der Waals surface area contributed by atoms with E-state index in [9.17, 15) is 8.78 Å². The monoisotopic (exact) mass is 261 g/mol. The lowest BCUT2D eigenvalue weighted by Gasteiger charge is -2.17. The molecule has 0 bridgehead atoms. The minimum Gasteiger partial charge on any atom is -0.330 e. The molecule has 1 nitrogen and oxygen atoms in total. The molecule has 0 heterocycles. The van der Waals surface area contributed by atoms with Crippen LogP contribution in [0.2, 0.25) is 0 Å². The summed E-state index contributed by atoms with van der Waals surface area (Å²) in [4.78, 5) is 0. The van der Waals surface area contributed by atoms with Crippen molar-refractivity contribution in [3.05, 3.63) is 70.8 Å². The lowest BCUT2D eigenvalue weighted by atomic mass is 9.90. The first-order valence-corrected chi connectivity index (χ1v) is 6.31. The van der Waals surface area contributed by atoms with Crippen molar-refractivity contribution in [1.82, 2.24) is 0 Å². The second-order valence-electron chi connectivity index (χ2n) is 4.73. The van der Waals surface area contributed by atoms with Crippen LogP contribution in [0, 0.1) is 18.6 Å². The molecule has 0 fully saturated rings. The summed E-state index contributed by atoms with van der Waals surface area (Å²) in [5.41, 5.74) is 8.33. The fourth-order valence-electron chi connectivity index (χ4n) is 2.25. The van der Waals surface area contributed by atoms with E-state index in [4.69, 9.17) is 5.73 Å². The number of hydrogen-bond acceptors (Lipinski definition) is 1. The van der Waals surface area contributed by atoms with Crippen LogP contribution in [0.5, 0.6) is 0 Å². The van der Waals surface area contributed by atoms with E-state index in [1.54, 1.807) is 0 Å². The zero-order valence-electron chi connectivity index (χ0n) is 10.9. The smallest absolute Gasteiger partial charge is 0.126 e. The summed E-state index contributed by atoms with van der Waals surface area (Å²) in [5, 5.41) is 0. The van der Waals surface area contributed by atoms with Crippen LogP contribution >= 0.6 is 0 Å². The van der Waals surface area contributed by atoms with Crippen LogP contribution in [0.15, 0.2) is 42.5 Å². The van der Waals surface area contributed by atoms with Crippen molar-refractivity contribution in [2.75, 3.05) is 6.54 Å². The Morgan fingerprint density at radius 3 is 2.53 bits per heavy atom. The summed E-state index contributed by atoms with van der Waals surface area (Å²) in [6, 6.07) is 11.4. The Hall–Kier alpha value is -1.74. The van der Waals surface area contributed by atoms with Gasteiger partial charge in [0.2, 0.25) is 0 Å². The quantitative estimate of drug-likeness (QED) is 0.894.